The van der Waals surface area contributed by atoms with Crippen LogP contribution >= 0.6 is 23.6 Å². The van der Waals surface area contributed by atoms with E-state index in [0.717, 1.165) is 21.8 Å². The number of fused-ring (bicyclic) bond motifs is 1. The molecule has 2 heterocycles. The molecule has 0 saturated carbocycles. The van der Waals surface area contributed by atoms with E-state index in [1.807, 2.05) is 30.3 Å². The van der Waals surface area contributed by atoms with E-state index in [2.05, 4.69) is 20.9 Å². The van der Waals surface area contributed by atoms with Crippen molar-refractivity contribution in [2.24, 2.45) is 0 Å². The first kappa shape index (κ1) is 28.4. The number of thiocarbonyl (C=S) groups is 1. The summed E-state index contributed by atoms with van der Waals surface area (Å²) in [5, 5.41) is 16.9. The summed E-state index contributed by atoms with van der Waals surface area (Å²) >= 11 is 6.29. The Bertz CT molecular complexity index is 1560. The fraction of sp³-hybridized carbons (Fsp3) is 0.148. The third kappa shape index (κ3) is 7.48. The number of thiophene rings is 1. The molecule has 13 heteroatoms. The summed E-state index contributed by atoms with van der Waals surface area (Å²) in [6.07, 6.45) is 0.544. The summed E-state index contributed by atoms with van der Waals surface area (Å²) in [5.74, 6) is -1.12. The number of nitrogens with zero attached hydrogens (tertiary/aromatic N) is 2. The minimum atomic E-state index is -1.09. The van der Waals surface area contributed by atoms with E-state index in [1.165, 1.54) is 25.4 Å². The van der Waals surface area contributed by atoms with E-state index in [1.54, 1.807) is 18.2 Å². The standard InChI is InChI=1S/C27H24FN5O5S2/c1-33(27(36)37)12-11-30-25(35)22-15-19-24(40-22)21(9-10-29-19)38-20-8-7-17(14-18(20)28)31-26(39)32-23(34)13-16-5-3-2-4-6-16/h2-10,14-15H,11-13H2,1H3,(H,30,35)(H,36,37)(H2,31,32,34,39). The molecule has 0 unspecified atom stereocenters. The number of rotatable bonds is 9. The summed E-state index contributed by atoms with van der Waals surface area (Å²) in [6.45, 7) is 0.270. The Morgan fingerprint density at radius 2 is 1.88 bits per heavy atom. The number of hydrogen-bond acceptors (Lipinski definition) is 7. The van der Waals surface area contributed by atoms with Crippen LogP contribution in [0.2, 0.25) is 0 Å². The van der Waals surface area contributed by atoms with Crippen LogP contribution in [0.5, 0.6) is 11.5 Å². The Kier molecular flexibility index (Phi) is 9.19. The molecule has 2 aromatic heterocycles. The zero-order chi connectivity index (χ0) is 28.6. The van der Waals surface area contributed by atoms with Crippen LogP contribution in [0.25, 0.3) is 10.2 Å². The number of hydrogen-bond donors (Lipinski definition) is 4. The van der Waals surface area contributed by atoms with Gasteiger partial charge in [0.1, 0.15) is 5.75 Å². The zero-order valence-corrected chi connectivity index (χ0v) is 22.8. The lowest BCUT2D eigenvalue weighted by Gasteiger charge is -2.12. The van der Waals surface area contributed by atoms with Crippen LogP contribution in [0.1, 0.15) is 15.2 Å². The normalized spacial score (nSPS) is 10.6. The van der Waals surface area contributed by atoms with Gasteiger partial charge in [-0.05, 0) is 36.0 Å². The Morgan fingerprint density at radius 3 is 2.60 bits per heavy atom. The van der Waals surface area contributed by atoms with Crippen LogP contribution < -0.4 is 20.7 Å². The van der Waals surface area contributed by atoms with Crippen molar-refractivity contribution in [3.8, 4) is 11.5 Å². The lowest BCUT2D eigenvalue weighted by Crippen LogP contribution is -2.35. The van der Waals surface area contributed by atoms with Crippen LogP contribution in [-0.2, 0) is 11.2 Å². The van der Waals surface area contributed by atoms with Crippen LogP contribution in [0.4, 0.5) is 14.9 Å². The van der Waals surface area contributed by atoms with Crippen LogP contribution in [0, 0.1) is 5.82 Å². The Labute approximate surface area is 237 Å². The lowest BCUT2D eigenvalue weighted by atomic mass is 10.1. The van der Waals surface area contributed by atoms with E-state index < -0.39 is 11.9 Å². The van der Waals surface area contributed by atoms with Crippen molar-refractivity contribution in [3.63, 3.8) is 0 Å². The highest BCUT2D eigenvalue weighted by molar-refractivity contribution is 7.80. The second-order valence-corrected chi connectivity index (χ2v) is 9.97. The maximum absolute atomic E-state index is 14.9. The number of amides is 3. The molecule has 0 atom stereocenters. The van der Waals surface area contributed by atoms with E-state index in [0.29, 0.717) is 26.5 Å². The molecule has 0 bridgehead atoms. The fourth-order valence-corrected chi connectivity index (χ4v) is 4.73. The first-order valence-electron chi connectivity index (χ1n) is 11.9. The van der Waals surface area contributed by atoms with Crippen molar-refractivity contribution in [2.45, 2.75) is 6.42 Å². The molecular weight excluding hydrogens is 557 g/mol. The van der Waals surface area contributed by atoms with Crippen LogP contribution in [-0.4, -0.2) is 58.1 Å². The van der Waals surface area contributed by atoms with Gasteiger partial charge in [0.05, 0.1) is 21.5 Å². The van der Waals surface area contributed by atoms with Crippen LogP contribution in [0.15, 0.2) is 66.9 Å². The first-order chi connectivity index (χ1) is 19.2. The van der Waals surface area contributed by atoms with Gasteiger partial charge in [0.2, 0.25) is 5.91 Å². The number of anilines is 1. The maximum Gasteiger partial charge on any atom is 0.407 e. The van der Waals surface area contributed by atoms with Gasteiger partial charge in [-0.25, -0.2) is 9.18 Å². The highest BCUT2D eigenvalue weighted by Gasteiger charge is 2.16. The molecule has 206 valence electrons. The topological polar surface area (TPSA) is 133 Å². The molecule has 4 rings (SSSR count). The molecule has 0 aliphatic carbocycles. The Hall–Kier alpha value is -4.62. The van der Waals surface area contributed by atoms with E-state index >= 15 is 0 Å². The van der Waals surface area contributed by atoms with Gasteiger partial charge in [-0.2, -0.15) is 0 Å². The molecule has 4 aromatic rings. The van der Waals surface area contributed by atoms with Gasteiger partial charge in [0, 0.05) is 44.2 Å². The zero-order valence-electron chi connectivity index (χ0n) is 21.1. The van der Waals surface area contributed by atoms with Crippen molar-refractivity contribution < 1.29 is 28.6 Å². The predicted molar refractivity (Wildman–Crippen MR) is 154 cm³/mol. The summed E-state index contributed by atoms with van der Waals surface area (Å²) in [4.78, 5) is 41.3. The number of likely N-dealkylation sites (N-methyl/N-ethyl adjacent to an activating group) is 1. The highest BCUT2D eigenvalue weighted by Crippen LogP contribution is 2.36. The number of halogens is 1. The fourth-order valence-electron chi connectivity index (χ4n) is 3.52. The summed E-state index contributed by atoms with van der Waals surface area (Å²) in [7, 11) is 1.41. The highest BCUT2D eigenvalue weighted by atomic mass is 32.1. The predicted octanol–water partition coefficient (Wildman–Crippen LogP) is 4.62. The van der Waals surface area contributed by atoms with Gasteiger partial charge in [-0.1, -0.05) is 30.3 Å². The van der Waals surface area contributed by atoms with Gasteiger partial charge >= 0.3 is 6.09 Å². The number of nitrogens with one attached hydrogen (secondary N) is 3. The third-order valence-corrected chi connectivity index (χ3v) is 6.87. The second kappa shape index (κ2) is 13.0. The lowest BCUT2D eigenvalue weighted by molar-refractivity contribution is -0.119. The van der Waals surface area contributed by atoms with Crippen molar-refractivity contribution in [1.82, 2.24) is 20.5 Å². The van der Waals surface area contributed by atoms with Gasteiger partial charge in [-0.3, -0.25) is 14.6 Å². The molecule has 3 amide bonds. The Balaban J connectivity index is 1.38. The van der Waals surface area contributed by atoms with E-state index in [4.69, 9.17) is 22.1 Å². The van der Waals surface area contributed by atoms with Crippen LogP contribution in [0.3, 0.4) is 0 Å². The smallest absolute Gasteiger partial charge is 0.407 e. The number of pyridine rings is 1. The number of carboxylic acid groups (broad SMARTS) is 1. The molecule has 0 aliphatic heterocycles. The van der Waals surface area contributed by atoms with Gasteiger partial charge in [0.25, 0.3) is 5.91 Å². The molecule has 0 fully saturated rings. The Morgan fingerprint density at radius 1 is 1.10 bits per heavy atom. The van der Waals surface area contributed by atoms with E-state index in [9.17, 15) is 18.8 Å². The largest absolute Gasteiger partial charge is 0.465 e. The molecule has 2 aromatic carbocycles. The minimum absolute atomic E-state index is 0.0313. The molecule has 0 saturated heterocycles. The van der Waals surface area contributed by atoms with E-state index in [-0.39, 0.29) is 42.2 Å². The summed E-state index contributed by atoms with van der Waals surface area (Å²) < 4.78 is 21.3. The van der Waals surface area contributed by atoms with Gasteiger partial charge in [-0.15, -0.1) is 11.3 Å². The minimum Gasteiger partial charge on any atom is -0.465 e. The van der Waals surface area contributed by atoms with Gasteiger partial charge in [0.15, 0.2) is 16.7 Å². The van der Waals surface area contributed by atoms with Crippen molar-refractivity contribution in [2.75, 3.05) is 25.5 Å². The number of aromatic nitrogens is 1. The van der Waals surface area contributed by atoms with Crippen molar-refractivity contribution >= 4 is 62.5 Å². The summed E-state index contributed by atoms with van der Waals surface area (Å²) in [6, 6.07) is 16.5. The van der Waals surface area contributed by atoms with Gasteiger partial charge < -0.3 is 30.7 Å². The third-order valence-electron chi connectivity index (χ3n) is 5.53. The first-order valence-corrected chi connectivity index (χ1v) is 13.1. The average molecular weight is 582 g/mol. The molecular formula is C27H24FN5O5S2. The quantitative estimate of drug-likeness (QED) is 0.211. The number of carbonyl (C=O) groups excluding carboxylic acids is 2. The molecule has 40 heavy (non-hydrogen) atoms. The monoisotopic (exact) mass is 581 g/mol. The maximum atomic E-state index is 14.9. The molecule has 0 spiro atoms. The molecule has 0 aliphatic rings. The number of ether oxygens (including phenoxy) is 1. The molecule has 0 radical (unpaired) electrons. The number of benzene rings is 2. The number of carbonyl (C=O) groups is 3. The summed E-state index contributed by atoms with van der Waals surface area (Å²) in [5.41, 5.74) is 1.64. The van der Waals surface area contributed by atoms with Crippen molar-refractivity contribution in [3.05, 3.63) is 83.1 Å². The SMILES string of the molecule is CN(CCNC(=O)c1cc2nccc(Oc3ccc(NC(=S)NC(=O)Cc4ccccc4)cc3F)c2s1)C(=O)O. The second-order valence-electron chi connectivity index (χ2n) is 8.51. The van der Waals surface area contributed by atoms with Crippen molar-refractivity contribution in [1.29, 1.82) is 0 Å². The molecule has 4 N–H and O–H groups in total. The average Bonchev–Trinajstić information content (AvgIpc) is 3.36. The molecule has 10 nitrogen and oxygen atoms in total.